The zero-order chi connectivity index (χ0) is 13.7. The molecule has 1 amide bonds. The minimum atomic E-state index is -0.601. The van der Waals surface area contributed by atoms with Crippen molar-refractivity contribution in [3.05, 3.63) is 70.5 Å². The smallest absolute Gasteiger partial charge is 0.267 e. The van der Waals surface area contributed by atoms with Gasteiger partial charge in [-0.15, -0.1) is 0 Å². The van der Waals surface area contributed by atoms with E-state index in [0.29, 0.717) is 5.02 Å². The van der Waals surface area contributed by atoms with Gasteiger partial charge in [0.05, 0.1) is 11.8 Å². The van der Waals surface area contributed by atoms with E-state index in [4.69, 9.17) is 11.6 Å². The predicted octanol–water partition coefficient (Wildman–Crippen LogP) is 3.24. The summed E-state index contributed by atoms with van der Waals surface area (Å²) in [6.45, 7) is 0. The SMILES string of the molecule is O=C(N/N=C/c1cccc(Cl)c1)c1ccccc1F. The Hall–Kier alpha value is -2.20. The highest BCUT2D eigenvalue weighted by molar-refractivity contribution is 6.30. The van der Waals surface area contributed by atoms with E-state index in [1.807, 2.05) is 0 Å². The second kappa shape index (κ2) is 6.11. The molecular formula is C14H10ClFN2O. The third-order valence-corrected chi connectivity index (χ3v) is 2.58. The van der Waals surface area contributed by atoms with Crippen molar-refractivity contribution in [3.63, 3.8) is 0 Å². The summed E-state index contributed by atoms with van der Waals surface area (Å²) in [6.07, 6.45) is 1.44. The van der Waals surface area contributed by atoms with Crippen LogP contribution in [0.3, 0.4) is 0 Å². The molecule has 2 rings (SSSR count). The number of nitrogens with zero attached hydrogens (tertiary/aromatic N) is 1. The van der Waals surface area contributed by atoms with E-state index in [0.717, 1.165) is 5.56 Å². The Bertz CT molecular complexity index is 628. The summed E-state index contributed by atoms with van der Waals surface area (Å²) in [4.78, 5) is 11.6. The molecule has 2 aromatic carbocycles. The maximum atomic E-state index is 13.3. The second-order valence-corrected chi connectivity index (χ2v) is 4.17. The molecule has 96 valence electrons. The number of amides is 1. The first-order valence-corrected chi connectivity index (χ1v) is 5.88. The summed E-state index contributed by atoms with van der Waals surface area (Å²) in [6, 6.07) is 12.7. The van der Waals surface area contributed by atoms with Crippen molar-refractivity contribution in [1.82, 2.24) is 5.43 Å². The predicted molar refractivity (Wildman–Crippen MR) is 72.9 cm³/mol. The average Bonchev–Trinajstić information content (AvgIpc) is 2.39. The first-order valence-electron chi connectivity index (χ1n) is 5.50. The zero-order valence-corrected chi connectivity index (χ0v) is 10.6. The standard InChI is InChI=1S/C14H10ClFN2O/c15-11-5-3-4-10(8-11)9-17-18-14(19)12-6-1-2-7-13(12)16/h1-9H,(H,18,19)/b17-9+. The second-order valence-electron chi connectivity index (χ2n) is 3.73. The van der Waals surface area contributed by atoms with Crippen LogP contribution in [0.25, 0.3) is 0 Å². The first-order chi connectivity index (χ1) is 9.16. The van der Waals surface area contributed by atoms with Crippen LogP contribution in [0.2, 0.25) is 5.02 Å². The van der Waals surface area contributed by atoms with Crippen molar-refractivity contribution in [2.24, 2.45) is 5.10 Å². The number of benzene rings is 2. The number of carbonyl (C=O) groups is 1. The number of hydrogen-bond acceptors (Lipinski definition) is 2. The first kappa shape index (κ1) is 13.2. The molecule has 0 spiro atoms. The molecule has 0 aliphatic carbocycles. The molecule has 0 fully saturated rings. The van der Waals surface area contributed by atoms with Crippen molar-refractivity contribution in [3.8, 4) is 0 Å². The van der Waals surface area contributed by atoms with E-state index in [1.54, 1.807) is 30.3 Å². The van der Waals surface area contributed by atoms with Gasteiger partial charge in [-0.1, -0.05) is 35.9 Å². The molecule has 0 aliphatic heterocycles. The van der Waals surface area contributed by atoms with Gasteiger partial charge in [0.2, 0.25) is 0 Å². The van der Waals surface area contributed by atoms with Gasteiger partial charge in [-0.2, -0.15) is 5.10 Å². The molecule has 3 nitrogen and oxygen atoms in total. The Balaban J connectivity index is 2.03. The van der Waals surface area contributed by atoms with Crippen molar-refractivity contribution in [2.45, 2.75) is 0 Å². The quantitative estimate of drug-likeness (QED) is 0.679. The summed E-state index contributed by atoms with van der Waals surface area (Å²) in [5, 5.41) is 4.32. The van der Waals surface area contributed by atoms with Crippen molar-refractivity contribution in [2.75, 3.05) is 0 Å². The van der Waals surface area contributed by atoms with Crippen molar-refractivity contribution >= 4 is 23.7 Å². The van der Waals surface area contributed by atoms with E-state index in [1.165, 1.54) is 24.4 Å². The molecule has 0 heterocycles. The maximum absolute atomic E-state index is 13.3. The lowest BCUT2D eigenvalue weighted by atomic mass is 10.2. The lowest BCUT2D eigenvalue weighted by Crippen LogP contribution is -2.18. The van der Waals surface area contributed by atoms with Gasteiger partial charge in [0.25, 0.3) is 5.91 Å². The number of nitrogens with one attached hydrogen (secondary N) is 1. The molecule has 0 saturated heterocycles. The summed E-state index contributed by atoms with van der Waals surface area (Å²) < 4.78 is 13.3. The Kier molecular flexibility index (Phi) is 4.26. The van der Waals surface area contributed by atoms with Crippen LogP contribution in [0.1, 0.15) is 15.9 Å². The number of hydrogen-bond donors (Lipinski definition) is 1. The normalized spacial score (nSPS) is 10.6. The fourth-order valence-corrected chi connectivity index (χ4v) is 1.66. The van der Waals surface area contributed by atoms with Crippen LogP contribution >= 0.6 is 11.6 Å². The van der Waals surface area contributed by atoms with Gasteiger partial charge >= 0.3 is 0 Å². The molecule has 0 aromatic heterocycles. The fraction of sp³-hybridized carbons (Fsp3) is 0. The Labute approximate surface area is 114 Å². The van der Waals surface area contributed by atoms with Crippen molar-refractivity contribution in [1.29, 1.82) is 0 Å². The maximum Gasteiger partial charge on any atom is 0.274 e. The summed E-state index contributed by atoms with van der Waals surface area (Å²) in [5.41, 5.74) is 2.94. The number of halogens is 2. The molecule has 0 radical (unpaired) electrons. The van der Waals surface area contributed by atoms with E-state index in [2.05, 4.69) is 10.5 Å². The summed E-state index contributed by atoms with van der Waals surface area (Å²) >= 11 is 5.80. The number of carbonyl (C=O) groups excluding carboxylic acids is 1. The van der Waals surface area contributed by atoms with Gasteiger partial charge in [0.15, 0.2) is 0 Å². The van der Waals surface area contributed by atoms with Crippen LogP contribution in [0.15, 0.2) is 53.6 Å². The lowest BCUT2D eigenvalue weighted by Gasteiger charge is -2.00. The largest absolute Gasteiger partial charge is 0.274 e. The Morgan fingerprint density at radius 2 is 2.00 bits per heavy atom. The highest BCUT2D eigenvalue weighted by Gasteiger charge is 2.08. The van der Waals surface area contributed by atoms with E-state index < -0.39 is 11.7 Å². The third kappa shape index (κ3) is 3.63. The highest BCUT2D eigenvalue weighted by Crippen LogP contribution is 2.09. The number of hydrazone groups is 1. The van der Waals surface area contributed by atoms with Crippen LogP contribution in [0.5, 0.6) is 0 Å². The van der Waals surface area contributed by atoms with Crippen LogP contribution in [-0.4, -0.2) is 12.1 Å². The molecule has 0 saturated carbocycles. The molecule has 5 heteroatoms. The topological polar surface area (TPSA) is 41.5 Å². The zero-order valence-electron chi connectivity index (χ0n) is 9.81. The summed E-state index contributed by atoms with van der Waals surface area (Å²) in [5.74, 6) is -1.19. The van der Waals surface area contributed by atoms with E-state index in [-0.39, 0.29) is 5.56 Å². The van der Waals surface area contributed by atoms with E-state index in [9.17, 15) is 9.18 Å². The molecule has 0 atom stereocenters. The number of rotatable bonds is 3. The lowest BCUT2D eigenvalue weighted by molar-refractivity contribution is 0.0951. The van der Waals surface area contributed by atoms with E-state index >= 15 is 0 Å². The van der Waals surface area contributed by atoms with Gasteiger partial charge in [-0.3, -0.25) is 4.79 Å². The van der Waals surface area contributed by atoms with Gasteiger partial charge < -0.3 is 0 Å². The average molecular weight is 277 g/mol. The minimum absolute atomic E-state index is 0.0502. The molecule has 0 aliphatic rings. The van der Waals surface area contributed by atoms with Crippen LogP contribution < -0.4 is 5.43 Å². The Morgan fingerprint density at radius 1 is 1.21 bits per heavy atom. The summed E-state index contributed by atoms with van der Waals surface area (Å²) in [7, 11) is 0. The van der Waals surface area contributed by atoms with Gasteiger partial charge in [0, 0.05) is 5.02 Å². The van der Waals surface area contributed by atoms with Crippen LogP contribution in [0, 0.1) is 5.82 Å². The van der Waals surface area contributed by atoms with Gasteiger partial charge in [0.1, 0.15) is 5.82 Å². The van der Waals surface area contributed by atoms with Gasteiger partial charge in [-0.05, 0) is 29.8 Å². The van der Waals surface area contributed by atoms with Crippen LogP contribution in [0.4, 0.5) is 4.39 Å². The fourth-order valence-electron chi connectivity index (χ4n) is 1.46. The molecule has 19 heavy (non-hydrogen) atoms. The molecule has 2 aromatic rings. The molecule has 1 N–H and O–H groups in total. The van der Waals surface area contributed by atoms with Crippen molar-refractivity contribution < 1.29 is 9.18 Å². The monoisotopic (exact) mass is 276 g/mol. The Morgan fingerprint density at radius 3 is 2.74 bits per heavy atom. The molecule has 0 bridgehead atoms. The third-order valence-electron chi connectivity index (χ3n) is 2.35. The molecule has 0 unspecified atom stereocenters. The molecular weight excluding hydrogens is 267 g/mol. The van der Waals surface area contributed by atoms with Gasteiger partial charge in [-0.25, -0.2) is 9.82 Å². The van der Waals surface area contributed by atoms with Crippen LogP contribution in [-0.2, 0) is 0 Å². The minimum Gasteiger partial charge on any atom is -0.267 e. The highest BCUT2D eigenvalue weighted by atomic mass is 35.5.